The summed E-state index contributed by atoms with van der Waals surface area (Å²) in [5.41, 5.74) is 5.76. The van der Waals surface area contributed by atoms with Crippen molar-refractivity contribution in [3.63, 3.8) is 0 Å². The van der Waals surface area contributed by atoms with Gasteiger partial charge in [0.1, 0.15) is 16.4 Å². The van der Waals surface area contributed by atoms with Gasteiger partial charge < -0.3 is 20.6 Å². The molecule has 1 aromatic carbocycles. The number of para-hydroxylation sites is 1. The molecule has 2 rings (SSSR count). The molecule has 1 heterocycles. The van der Waals surface area contributed by atoms with E-state index in [-0.39, 0.29) is 28.8 Å². The van der Waals surface area contributed by atoms with Gasteiger partial charge in [0.2, 0.25) is 10.0 Å². The number of sulfonamides is 1. The molecule has 0 radical (unpaired) electrons. The van der Waals surface area contributed by atoms with Crippen LogP contribution in [0.25, 0.3) is 0 Å². The van der Waals surface area contributed by atoms with Crippen LogP contribution in [-0.4, -0.2) is 52.4 Å². The fraction of sp³-hybridized carbons (Fsp3) is 0.250. The van der Waals surface area contributed by atoms with Crippen LogP contribution in [0.2, 0.25) is 0 Å². The van der Waals surface area contributed by atoms with Crippen LogP contribution in [0.1, 0.15) is 11.5 Å². The van der Waals surface area contributed by atoms with Crippen molar-refractivity contribution in [1.29, 1.82) is 0 Å². The van der Waals surface area contributed by atoms with Gasteiger partial charge in [-0.3, -0.25) is 9.55 Å². The number of amidine groups is 2. The lowest BCUT2D eigenvalue weighted by Crippen LogP contribution is -2.31. The van der Waals surface area contributed by atoms with E-state index in [0.717, 1.165) is 4.31 Å². The number of furan rings is 1. The molecule has 29 heavy (non-hydrogen) atoms. The molecule has 0 spiro atoms. The first kappa shape index (κ1) is 22.5. The second-order valence-corrected chi connectivity index (χ2v) is 8.71. The van der Waals surface area contributed by atoms with E-state index in [9.17, 15) is 17.7 Å². The highest BCUT2D eigenvalue weighted by molar-refractivity contribution is 7.89. The standard InChI is InChI=1S/C16H21N5O6S2/c1-10-7-8-11(27-10)9-18-15(17)16(20-28(23)24)19-12-5-4-6-13(14(12)22)29(25,26)21(2)3/h4-8,22H,9H2,1-3H3,(H2,17,18)(H,19,20)(H,23,24). The Labute approximate surface area is 170 Å². The SMILES string of the molecule is Cc1ccc(CN=C(N)C(=NS(=O)O)Nc2cccc(S(=O)(=O)N(C)C)c2O)o1. The normalized spacial score (nSPS) is 14.2. The van der Waals surface area contributed by atoms with Crippen molar-refractivity contribution in [3.05, 3.63) is 41.9 Å². The van der Waals surface area contributed by atoms with Gasteiger partial charge in [0.25, 0.3) is 11.3 Å². The van der Waals surface area contributed by atoms with E-state index in [2.05, 4.69) is 14.7 Å². The molecule has 1 unspecified atom stereocenters. The number of hydrogen-bond acceptors (Lipinski definition) is 6. The quantitative estimate of drug-likeness (QED) is 0.222. The fourth-order valence-corrected chi connectivity index (χ4v) is 3.47. The van der Waals surface area contributed by atoms with Crippen molar-refractivity contribution in [2.45, 2.75) is 18.4 Å². The average molecular weight is 444 g/mol. The number of aryl methyl sites for hydroxylation is 1. The number of nitrogens with one attached hydrogen (secondary N) is 1. The number of benzene rings is 1. The molecule has 0 aliphatic carbocycles. The smallest absolute Gasteiger partial charge is 0.284 e. The van der Waals surface area contributed by atoms with E-state index in [1.54, 1.807) is 19.1 Å². The molecule has 5 N–H and O–H groups in total. The molecule has 0 fully saturated rings. The maximum atomic E-state index is 12.3. The zero-order valence-corrected chi connectivity index (χ0v) is 17.5. The Hall–Kier alpha value is -2.74. The molecule has 11 nitrogen and oxygen atoms in total. The first-order chi connectivity index (χ1) is 13.5. The Morgan fingerprint density at radius 3 is 2.55 bits per heavy atom. The minimum atomic E-state index is -3.93. The molecule has 0 aliphatic heterocycles. The predicted molar refractivity (Wildman–Crippen MR) is 110 cm³/mol. The number of anilines is 1. The average Bonchev–Trinajstić information content (AvgIpc) is 3.05. The molecule has 13 heteroatoms. The van der Waals surface area contributed by atoms with Gasteiger partial charge in [-0.1, -0.05) is 6.07 Å². The monoisotopic (exact) mass is 443 g/mol. The fourth-order valence-electron chi connectivity index (χ4n) is 2.18. The number of hydrogen-bond donors (Lipinski definition) is 4. The van der Waals surface area contributed by atoms with Crippen LogP contribution in [0.5, 0.6) is 5.75 Å². The van der Waals surface area contributed by atoms with E-state index in [4.69, 9.17) is 14.7 Å². The summed E-state index contributed by atoms with van der Waals surface area (Å²) in [6, 6.07) is 7.38. The van der Waals surface area contributed by atoms with Crippen molar-refractivity contribution in [3.8, 4) is 5.75 Å². The minimum absolute atomic E-state index is 0.0411. The highest BCUT2D eigenvalue weighted by Crippen LogP contribution is 2.32. The van der Waals surface area contributed by atoms with Crippen LogP contribution in [0.15, 0.2) is 49.0 Å². The number of phenols is 1. The van der Waals surface area contributed by atoms with E-state index >= 15 is 0 Å². The lowest BCUT2D eigenvalue weighted by molar-refractivity contribution is 0.454. The largest absolute Gasteiger partial charge is 0.504 e. The molecule has 0 amide bonds. The third kappa shape index (κ3) is 5.63. The number of phenolic OH excluding ortho intramolecular Hbond substituents is 1. The molecule has 1 atom stereocenters. The summed E-state index contributed by atoms with van der Waals surface area (Å²) in [5, 5.41) is 12.9. The molecular formula is C16H21N5O6S2. The Morgan fingerprint density at radius 1 is 1.31 bits per heavy atom. The molecule has 158 valence electrons. The second-order valence-electron chi connectivity index (χ2n) is 5.95. The van der Waals surface area contributed by atoms with Crippen LogP contribution in [0.3, 0.4) is 0 Å². The van der Waals surface area contributed by atoms with Gasteiger partial charge >= 0.3 is 0 Å². The summed E-state index contributed by atoms with van der Waals surface area (Å²) in [5.74, 6) is 0.00977. The Morgan fingerprint density at radius 2 is 2.00 bits per heavy atom. The lowest BCUT2D eigenvalue weighted by atomic mass is 10.3. The first-order valence-corrected chi connectivity index (χ1v) is 10.6. The van der Waals surface area contributed by atoms with Crippen LogP contribution in [0, 0.1) is 6.92 Å². The van der Waals surface area contributed by atoms with Gasteiger partial charge in [0.05, 0.1) is 12.2 Å². The maximum Gasteiger partial charge on any atom is 0.284 e. The summed E-state index contributed by atoms with van der Waals surface area (Å²) in [6.07, 6.45) is 0. The number of nitrogens with zero attached hydrogens (tertiary/aromatic N) is 3. The summed E-state index contributed by atoms with van der Waals surface area (Å²) in [4.78, 5) is 3.68. The van der Waals surface area contributed by atoms with Crippen molar-refractivity contribution in [1.82, 2.24) is 4.31 Å². The second kappa shape index (κ2) is 9.17. The third-order valence-electron chi connectivity index (χ3n) is 3.62. The van der Waals surface area contributed by atoms with Crippen LogP contribution >= 0.6 is 0 Å². The summed E-state index contributed by atoms with van der Waals surface area (Å²) in [6.45, 7) is 1.80. The van der Waals surface area contributed by atoms with Gasteiger partial charge in [-0.2, -0.15) is 0 Å². The zero-order valence-electron chi connectivity index (χ0n) is 15.9. The number of aliphatic imine (C=N–C) groups is 1. The van der Waals surface area contributed by atoms with Crippen LogP contribution < -0.4 is 11.1 Å². The molecule has 0 saturated carbocycles. The van der Waals surface area contributed by atoms with Gasteiger partial charge in [0, 0.05) is 14.1 Å². The number of aromatic hydroxyl groups is 1. The number of rotatable bonds is 6. The van der Waals surface area contributed by atoms with Crippen molar-refractivity contribution >= 4 is 38.6 Å². The highest BCUT2D eigenvalue weighted by atomic mass is 32.2. The summed E-state index contributed by atoms with van der Waals surface area (Å²) >= 11 is -2.64. The Kier molecular flexibility index (Phi) is 7.13. The van der Waals surface area contributed by atoms with Gasteiger partial charge in [-0.05, 0) is 31.2 Å². The van der Waals surface area contributed by atoms with Crippen molar-refractivity contribution in [2.75, 3.05) is 19.4 Å². The molecule has 2 aromatic rings. The maximum absolute atomic E-state index is 12.3. The minimum Gasteiger partial charge on any atom is -0.504 e. The lowest BCUT2D eigenvalue weighted by Gasteiger charge is -2.16. The van der Waals surface area contributed by atoms with E-state index in [1.165, 1.54) is 32.3 Å². The summed E-state index contributed by atoms with van der Waals surface area (Å²) < 4.78 is 54.7. The predicted octanol–water partition coefficient (Wildman–Crippen LogP) is 1.05. The third-order valence-corrected chi connectivity index (χ3v) is 5.81. The van der Waals surface area contributed by atoms with Crippen LogP contribution in [-0.2, 0) is 27.8 Å². The Bertz CT molecular complexity index is 1080. The molecular weight excluding hydrogens is 422 g/mol. The summed E-state index contributed by atoms with van der Waals surface area (Å²) in [7, 11) is -1.30. The van der Waals surface area contributed by atoms with Crippen molar-refractivity contribution in [2.24, 2.45) is 15.1 Å². The van der Waals surface area contributed by atoms with E-state index in [1.807, 2.05) is 0 Å². The van der Waals surface area contributed by atoms with Crippen LogP contribution in [0.4, 0.5) is 5.69 Å². The molecule has 0 bridgehead atoms. The molecule has 0 saturated heterocycles. The number of nitrogens with two attached hydrogens (primary N) is 1. The van der Waals surface area contributed by atoms with Crippen molar-refractivity contribution < 1.29 is 26.7 Å². The molecule has 1 aromatic heterocycles. The van der Waals surface area contributed by atoms with E-state index < -0.39 is 27.0 Å². The van der Waals surface area contributed by atoms with Gasteiger partial charge in [0.15, 0.2) is 17.4 Å². The first-order valence-electron chi connectivity index (χ1n) is 8.09. The highest BCUT2D eigenvalue weighted by Gasteiger charge is 2.24. The topological polar surface area (TPSA) is 171 Å². The molecule has 0 aliphatic rings. The van der Waals surface area contributed by atoms with Gasteiger partial charge in [-0.15, -0.1) is 4.40 Å². The zero-order chi connectivity index (χ0) is 21.8. The van der Waals surface area contributed by atoms with E-state index in [0.29, 0.717) is 11.5 Å². The van der Waals surface area contributed by atoms with Gasteiger partial charge in [-0.25, -0.2) is 16.9 Å². The Balaban J connectivity index is 2.37.